The molecule has 0 N–H and O–H groups in total. The van der Waals surface area contributed by atoms with Crippen LogP contribution in [0.1, 0.15) is 57.2 Å². The van der Waals surface area contributed by atoms with Crippen LogP contribution in [-0.2, 0) is 9.53 Å². The van der Waals surface area contributed by atoms with E-state index in [1.807, 2.05) is 36.1 Å². The van der Waals surface area contributed by atoms with Crippen molar-refractivity contribution in [3.8, 4) is 0 Å². The molecule has 0 aliphatic carbocycles. The molecular formula is C21H29NO2. The molecule has 0 aliphatic heterocycles. The molecular weight excluding hydrogens is 298 g/mol. The second-order valence-corrected chi connectivity index (χ2v) is 5.86. The first-order chi connectivity index (χ1) is 11.5. The average Bonchev–Trinajstić information content (AvgIpc) is 2.60. The molecule has 130 valence electrons. The first-order valence-corrected chi connectivity index (χ1v) is 8.42. The summed E-state index contributed by atoms with van der Waals surface area (Å²) in [5, 5.41) is 0. The Hall–Kier alpha value is -2.29. The summed E-state index contributed by atoms with van der Waals surface area (Å²) in [5.41, 5.74) is 3.73. The molecule has 0 amide bonds. The maximum atomic E-state index is 12.3. The average molecular weight is 327 g/mol. The van der Waals surface area contributed by atoms with Gasteiger partial charge >= 0.3 is 5.97 Å². The van der Waals surface area contributed by atoms with Gasteiger partial charge in [-0.3, -0.25) is 0 Å². The van der Waals surface area contributed by atoms with Gasteiger partial charge in [0.05, 0.1) is 13.2 Å². The number of nitrogens with zero attached hydrogens (tertiary/aromatic N) is 1. The lowest BCUT2D eigenvalue weighted by Crippen LogP contribution is -2.27. The van der Waals surface area contributed by atoms with E-state index in [1.54, 1.807) is 6.20 Å². The van der Waals surface area contributed by atoms with Gasteiger partial charge in [-0.2, -0.15) is 0 Å². The molecule has 3 nitrogen and oxygen atoms in total. The lowest BCUT2D eigenvalue weighted by Gasteiger charge is -2.30. The summed E-state index contributed by atoms with van der Waals surface area (Å²) in [7, 11) is 1.41. The molecule has 1 atom stereocenters. The van der Waals surface area contributed by atoms with Crippen molar-refractivity contribution in [2.24, 2.45) is 0 Å². The normalized spacial score (nSPS) is 12.4. The SMILES string of the molecule is C=CN(C(=CCCCC)C(=O)OC)C(C)c1ccccc1C(=C)C. The monoisotopic (exact) mass is 327 g/mol. The zero-order chi connectivity index (χ0) is 18.1. The minimum absolute atomic E-state index is 0.0534. The Labute approximate surface area is 146 Å². The predicted octanol–water partition coefficient (Wildman–Crippen LogP) is 5.47. The molecule has 0 radical (unpaired) electrons. The van der Waals surface area contributed by atoms with Crippen LogP contribution >= 0.6 is 0 Å². The number of carbonyl (C=O) groups excluding carboxylic acids is 1. The van der Waals surface area contributed by atoms with Gasteiger partial charge in [0.15, 0.2) is 0 Å². The molecule has 1 aromatic rings. The molecule has 0 aromatic heterocycles. The zero-order valence-electron chi connectivity index (χ0n) is 15.3. The fraction of sp³-hybridized carbons (Fsp3) is 0.381. The molecule has 3 heteroatoms. The third kappa shape index (κ3) is 4.85. The van der Waals surface area contributed by atoms with Crippen LogP contribution in [-0.4, -0.2) is 18.0 Å². The number of carbonyl (C=O) groups is 1. The molecule has 0 spiro atoms. The lowest BCUT2D eigenvalue weighted by molar-refractivity contribution is -0.137. The van der Waals surface area contributed by atoms with Gasteiger partial charge in [0, 0.05) is 0 Å². The first kappa shape index (κ1) is 19.8. The number of rotatable bonds is 9. The highest BCUT2D eigenvalue weighted by atomic mass is 16.5. The van der Waals surface area contributed by atoms with Crippen LogP contribution in [0, 0.1) is 0 Å². The third-order valence-electron chi connectivity index (χ3n) is 4.05. The molecule has 1 unspecified atom stereocenters. The van der Waals surface area contributed by atoms with Crippen molar-refractivity contribution >= 4 is 11.5 Å². The smallest absolute Gasteiger partial charge is 0.354 e. The summed E-state index contributed by atoms with van der Waals surface area (Å²) in [6.45, 7) is 14.1. The molecule has 0 fully saturated rings. The van der Waals surface area contributed by atoms with Crippen LogP contribution in [0.3, 0.4) is 0 Å². The molecule has 0 saturated heterocycles. The van der Waals surface area contributed by atoms with E-state index >= 15 is 0 Å². The number of unbranched alkanes of at least 4 members (excludes halogenated alkanes) is 2. The fourth-order valence-electron chi connectivity index (χ4n) is 2.71. The summed E-state index contributed by atoms with van der Waals surface area (Å²) in [6.07, 6.45) is 6.57. The summed E-state index contributed by atoms with van der Waals surface area (Å²) >= 11 is 0. The van der Waals surface area contributed by atoms with Gasteiger partial charge in [-0.25, -0.2) is 4.79 Å². The number of ether oxygens (including phenoxy) is 1. The largest absolute Gasteiger partial charge is 0.464 e. The lowest BCUT2D eigenvalue weighted by atomic mass is 9.96. The van der Waals surface area contributed by atoms with E-state index in [2.05, 4.69) is 33.1 Å². The van der Waals surface area contributed by atoms with Gasteiger partial charge < -0.3 is 9.64 Å². The number of esters is 1. The van der Waals surface area contributed by atoms with Crippen molar-refractivity contribution in [1.82, 2.24) is 4.90 Å². The highest BCUT2D eigenvalue weighted by Gasteiger charge is 2.23. The van der Waals surface area contributed by atoms with Crippen LogP contribution < -0.4 is 0 Å². The molecule has 0 saturated carbocycles. The van der Waals surface area contributed by atoms with E-state index in [-0.39, 0.29) is 12.0 Å². The van der Waals surface area contributed by atoms with Crippen LogP contribution in [0.4, 0.5) is 0 Å². The Morgan fingerprint density at radius 3 is 2.58 bits per heavy atom. The molecule has 0 heterocycles. The topological polar surface area (TPSA) is 29.5 Å². The number of hydrogen-bond donors (Lipinski definition) is 0. The highest BCUT2D eigenvalue weighted by Crippen LogP contribution is 2.30. The van der Waals surface area contributed by atoms with Crippen molar-refractivity contribution in [2.75, 3.05) is 7.11 Å². The predicted molar refractivity (Wildman–Crippen MR) is 101 cm³/mol. The standard InChI is InChI=1S/C21H29NO2/c1-7-9-10-15-20(21(23)24-6)22(8-2)17(5)19-14-12-11-13-18(19)16(3)4/h8,11-15,17H,2-3,7,9-10H2,1,4-6H3. The van der Waals surface area contributed by atoms with Crippen molar-refractivity contribution < 1.29 is 9.53 Å². The van der Waals surface area contributed by atoms with E-state index in [0.29, 0.717) is 5.70 Å². The zero-order valence-corrected chi connectivity index (χ0v) is 15.3. The summed E-state index contributed by atoms with van der Waals surface area (Å²) in [6, 6.07) is 8.05. The van der Waals surface area contributed by atoms with Crippen molar-refractivity contribution in [3.63, 3.8) is 0 Å². The molecule has 24 heavy (non-hydrogen) atoms. The second-order valence-electron chi connectivity index (χ2n) is 5.86. The quantitative estimate of drug-likeness (QED) is 0.342. The van der Waals surface area contributed by atoms with Crippen LogP contribution in [0.25, 0.3) is 5.57 Å². The minimum Gasteiger partial charge on any atom is -0.464 e. The van der Waals surface area contributed by atoms with Crippen molar-refractivity contribution in [3.05, 3.63) is 66.5 Å². The summed E-state index contributed by atoms with van der Waals surface area (Å²) < 4.78 is 4.98. The Morgan fingerprint density at radius 1 is 1.38 bits per heavy atom. The number of allylic oxidation sites excluding steroid dienone is 2. The maximum absolute atomic E-state index is 12.3. The molecule has 1 aromatic carbocycles. The fourth-order valence-corrected chi connectivity index (χ4v) is 2.71. The Kier molecular flexibility index (Phi) is 8.03. The van der Waals surface area contributed by atoms with Gasteiger partial charge in [-0.15, -0.1) is 0 Å². The van der Waals surface area contributed by atoms with E-state index in [9.17, 15) is 4.79 Å². The Bertz CT molecular complexity index is 616. The van der Waals surface area contributed by atoms with Gasteiger partial charge in [0.1, 0.15) is 5.70 Å². The van der Waals surface area contributed by atoms with Crippen LogP contribution in [0.15, 0.2) is 55.4 Å². The third-order valence-corrected chi connectivity index (χ3v) is 4.05. The molecule has 1 rings (SSSR count). The maximum Gasteiger partial charge on any atom is 0.354 e. The Balaban J connectivity index is 3.26. The van der Waals surface area contributed by atoms with Crippen LogP contribution in [0.2, 0.25) is 0 Å². The van der Waals surface area contributed by atoms with Crippen LogP contribution in [0.5, 0.6) is 0 Å². The summed E-state index contributed by atoms with van der Waals surface area (Å²) in [5.74, 6) is -0.342. The van der Waals surface area contributed by atoms with Gasteiger partial charge in [-0.1, -0.05) is 62.4 Å². The second kappa shape index (κ2) is 9.76. The van der Waals surface area contributed by atoms with Crippen molar-refractivity contribution in [2.45, 2.75) is 46.1 Å². The molecule has 0 aliphatic rings. The number of methoxy groups -OCH3 is 1. The van der Waals surface area contributed by atoms with E-state index in [0.717, 1.165) is 36.0 Å². The first-order valence-electron chi connectivity index (χ1n) is 8.42. The van der Waals surface area contributed by atoms with Gasteiger partial charge in [0.25, 0.3) is 0 Å². The van der Waals surface area contributed by atoms with Gasteiger partial charge in [-0.05, 0) is 44.0 Å². The van der Waals surface area contributed by atoms with Crippen molar-refractivity contribution in [1.29, 1.82) is 0 Å². The van der Waals surface area contributed by atoms with E-state index in [1.165, 1.54) is 7.11 Å². The molecule has 0 bridgehead atoms. The van der Waals surface area contributed by atoms with E-state index in [4.69, 9.17) is 4.74 Å². The number of benzene rings is 1. The Morgan fingerprint density at radius 2 is 2.04 bits per heavy atom. The minimum atomic E-state index is -0.342. The van der Waals surface area contributed by atoms with Gasteiger partial charge in [0.2, 0.25) is 0 Å². The van der Waals surface area contributed by atoms with E-state index < -0.39 is 0 Å². The number of hydrogen-bond acceptors (Lipinski definition) is 3. The summed E-state index contributed by atoms with van der Waals surface area (Å²) in [4.78, 5) is 14.1. The highest BCUT2D eigenvalue weighted by molar-refractivity contribution is 5.88.